The molecule has 0 heterocycles. The zero-order chi connectivity index (χ0) is 21.0. The average Bonchev–Trinajstić information content (AvgIpc) is 2.66. The van der Waals surface area contributed by atoms with Gasteiger partial charge in [0.05, 0.1) is 0 Å². The van der Waals surface area contributed by atoms with Gasteiger partial charge in [0.1, 0.15) is 17.2 Å². The summed E-state index contributed by atoms with van der Waals surface area (Å²) in [6.07, 6.45) is 9.36. The van der Waals surface area contributed by atoms with E-state index in [2.05, 4.69) is 6.58 Å². The van der Waals surface area contributed by atoms with E-state index in [0.717, 1.165) is 56.1 Å². The Kier molecular flexibility index (Phi) is 7.39. The second-order valence-electron chi connectivity index (χ2n) is 9.06. The highest BCUT2D eigenvalue weighted by Crippen LogP contribution is 2.42. The predicted molar refractivity (Wildman–Crippen MR) is 106 cm³/mol. The topological polar surface area (TPSA) is 0 Å². The molecule has 2 fully saturated rings. The van der Waals surface area contributed by atoms with E-state index in [9.17, 15) is 22.0 Å². The highest BCUT2D eigenvalue weighted by molar-refractivity contribution is 5.30. The van der Waals surface area contributed by atoms with Crippen molar-refractivity contribution in [2.75, 3.05) is 0 Å². The molecular formula is C24H31F5. The molecule has 0 saturated heterocycles. The first-order valence-corrected chi connectivity index (χ1v) is 10.9. The molecule has 0 nitrogen and oxygen atoms in total. The van der Waals surface area contributed by atoms with Crippen LogP contribution in [0.15, 0.2) is 24.8 Å². The molecule has 0 bridgehead atoms. The molecule has 2 saturated carbocycles. The molecule has 0 unspecified atom stereocenters. The van der Waals surface area contributed by atoms with Gasteiger partial charge in [0.15, 0.2) is 0 Å². The molecule has 3 rings (SSSR count). The Bertz CT molecular complexity index is 654. The lowest BCUT2D eigenvalue weighted by atomic mass is 9.74. The monoisotopic (exact) mass is 414 g/mol. The van der Waals surface area contributed by atoms with Crippen molar-refractivity contribution in [3.8, 4) is 0 Å². The molecule has 0 spiro atoms. The number of alkyl halides is 3. The largest absolute Gasteiger partial charge is 0.422 e. The number of hydrogen-bond donors (Lipinski definition) is 0. The fourth-order valence-corrected chi connectivity index (χ4v) is 5.35. The first-order chi connectivity index (χ1) is 13.8. The molecule has 2 aliphatic rings. The standard InChI is InChI=1S/C24H31F5/c1-2-3-16-4-6-17(7-5-16)8-9-18-10-12-19(13-11-18)20-14-21(25)23(22(26)15-20)24(27,28)29/h2,14-19H,1,3-13H2/t16-,17-,18-,19-. The van der Waals surface area contributed by atoms with Gasteiger partial charge in [-0.1, -0.05) is 31.8 Å². The number of rotatable bonds is 6. The molecule has 5 heteroatoms. The highest BCUT2D eigenvalue weighted by Gasteiger charge is 2.38. The molecule has 2 aliphatic carbocycles. The van der Waals surface area contributed by atoms with E-state index >= 15 is 0 Å². The second-order valence-corrected chi connectivity index (χ2v) is 9.06. The van der Waals surface area contributed by atoms with E-state index in [0.29, 0.717) is 11.5 Å². The summed E-state index contributed by atoms with van der Waals surface area (Å²) in [5.74, 6) is -0.799. The van der Waals surface area contributed by atoms with Gasteiger partial charge in [-0.3, -0.25) is 0 Å². The van der Waals surface area contributed by atoms with Crippen LogP contribution in [0.3, 0.4) is 0 Å². The van der Waals surface area contributed by atoms with Crippen molar-refractivity contribution in [2.45, 2.75) is 82.7 Å². The molecule has 29 heavy (non-hydrogen) atoms. The van der Waals surface area contributed by atoms with Crippen LogP contribution in [0.5, 0.6) is 0 Å². The Balaban J connectivity index is 1.47. The molecule has 162 valence electrons. The number of hydrogen-bond acceptors (Lipinski definition) is 0. The molecule has 1 aromatic rings. The lowest BCUT2D eigenvalue weighted by Gasteiger charge is -2.32. The Morgan fingerprint density at radius 3 is 1.69 bits per heavy atom. The molecule has 0 aromatic heterocycles. The summed E-state index contributed by atoms with van der Waals surface area (Å²) in [4.78, 5) is 0. The van der Waals surface area contributed by atoms with Crippen LogP contribution < -0.4 is 0 Å². The predicted octanol–water partition coefficient (Wildman–Crippen LogP) is 8.42. The normalized spacial score (nSPS) is 28.3. The number of benzene rings is 1. The third kappa shape index (κ3) is 5.82. The first kappa shape index (κ1) is 22.3. The third-order valence-electron chi connectivity index (χ3n) is 7.12. The van der Waals surface area contributed by atoms with Gasteiger partial charge in [-0.25, -0.2) is 8.78 Å². The van der Waals surface area contributed by atoms with Crippen molar-refractivity contribution < 1.29 is 22.0 Å². The highest BCUT2D eigenvalue weighted by atomic mass is 19.4. The lowest BCUT2D eigenvalue weighted by molar-refractivity contribution is -0.142. The van der Waals surface area contributed by atoms with Crippen molar-refractivity contribution >= 4 is 0 Å². The van der Waals surface area contributed by atoms with E-state index in [1.165, 1.54) is 38.5 Å². The van der Waals surface area contributed by atoms with Gasteiger partial charge in [0.2, 0.25) is 0 Å². The van der Waals surface area contributed by atoms with Crippen molar-refractivity contribution in [3.63, 3.8) is 0 Å². The van der Waals surface area contributed by atoms with Gasteiger partial charge in [-0.15, -0.1) is 6.58 Å². The quantitative estimate of drug-likeness (QED) is 0.324. The molecular weight excluding hydrogens is 383 g/mol. The van der Waals surface area contributed by atoms with Gasteiger partial charge in [0.25, 0.3) is 0 Å². The first-order valence-electron chi connectivity index (χ1n) is 10.9. The average molecular weight is 415 g/mol. The van der Waals surface area contributed by atoms with Crippen molar-refractivity contribution in [1.29, 1.82) is 0 Å². The van der Waals surface area contributed by atoms with Gasteiger partial charge in [-0.2, -0.15) is 13.2 Å². The maximum Gasteiger partial charge on any atom is 0.422 e. The van der Waals surface area contributed by atoms with Gasteiger partial charge < -0.3 is 0 Å². The summed E-state index contributed by atoms with van der Waals surface area (Å²) in [5, 5.41) is 0. The SMILES string of the molecule is C=CC[C@H]1CC[C@H](CC[C@H]2CC[C@H](c3cc(F)c(C(F)(F)F)c(F)c3)CC2)CC1. The Hall–Kier alpha value is -1.39. The minimum absolute atomic E-state index is 0.0492. The van der Waals surface area contributed by atoms with Crippen LogP contribution in [0.4, 0.5) is 22.0 Å². The van der Waals surface area contributed by atoms with E-state index in [1.54, 1.807) is 0 Å². The van der Waals surface area contributed by atoms with Crippen molar-refractivity contribution in [2.24, 2.45) is 17.8 Å². The van der Waals surface area contributed by atoms with Crippen LogP contribution in [-0.2, 0) is 6.18 Å². The number of halogens is 5. The van der Waals surface area contributed by atoms with Gasteiger partial charge in [0, 0.05) is 0 Å². The summed E-state index contributed by atoms with van der Waals surface area (Å²) in [5.41, 5.74) is -1.41. The lowest BCUT2D eigenvalue weighted by Crippen LogP contribution is -2.18. The minimum Gasteiger partial charge on any atom is -0.206 e. The van der Waals surface area contributed by atoms with Crippen LogP contribution >= 0.6 is 0 Å². The molecule has 1 aromatic carbocycles. The van der Waals surface area contributed by atoms with E-state index < -0.39 is 23.4 Å². The third-order valence-corrected chi connectivity index (χ3v) is 7.12. The molecule has 0 N–H and O–H groups in total. The van der Waals surface area contributed by atoms with E-state index in [-0.39, 0.29) is 5.92 Å². The molecule has 0 amide bonds. The fourth-order valence-electron chi connectivity index (χ4n) is 5.35. The van der Waals surface area contributed by atoms with Crippen molar-refractivity contribution in [1.82, 2.24) is 0 Å². The summed E-state index contributed by atoms with van der Waals surface area (Å²) >= 11 is 0. The molecule has 0 radical (unpaired) electrons. The molecule has 0 aliphatic heterocycles. The van der Waals surface area contributed by atoms with Crippen molar-refractivity contribution in [3.05, 3.63) is 47.5 Å². The summed E-state index contributed by atoms with van der Waals surface area (Å²) < 4.78 is 66.0. The summed E-state index contributed by atoms with van der Waals surface area (Å²) in [7, 11) is 0. The fraction of sp³-hybridized carbons (Fsp3) is 0.667. The maximum atomic E-state index is 13.9. The van der Waals surface area contributed by atoms with Crippen LogP contribution in [0.1, 0.15) is 87.7 Å². The minimum atomic E-state index is -5.00. The zero-order valence-electron chi connectivity index (χ0n) is 16.9. The van der Waals surface area contributed by atoms with E-state index in [1.807, 2.05) is 6.08 Å². The van der Waals surface area contributed by atoms with Gasteiger partial charge in [-0.05, 0) is 86.3 Å². The Morgan fingerprint density at radius 1 is 0.793 bits per heavy atom. The zero-order valence-corrected chi connectivity index (χ0v) is 16.9. The van der Waals surface area contributed by atoms with Crippen LogP contribution in [0.2, 0.25) is 0 Å². The van der Waals surface area contributed by atoms with Crippen LogP contribution in [0, 0.1) is 29.4 Å². The van der Waals surface area contributed by atoms with Crippen LogP contribution in [-0.4, -0.2) is 0 Å². The smallest absolute Gasteiger partial charge is 0.206 e. The summed E-state index contributed by atoms with van der Waals surface area (Å²) in [6, 6.07) is 1.77. The summed E-state index contributed by atoms with van der Waals surface area (Å²) in [6.45, 7) is 3.83. The van der Waals surface area contributed by atoms with Crippen LogP contribution in [0.25, 0.3) is 0 Å². The number of allylic oxidation sites excluding steroid dienone is 1. The Labute approximate surface area is 170 Å². The van der Waals surface area contributed by atoms with E-state index in [4.69, 9.17) is 0 Å². The Morgan fingerprint density at radius 2 is 1.24 bits per heavy atom. The van der Waals surface area contributed by atoms with Gasteiger partial charge >= 0.3 is 6.18 Å². The molecule has 0 atom stereocenters. The second kappa shape index (κ2) is 9.61. The maximum absolute atomic E-state index is 13.9.